The lowest BCUT2D eigenvalue weighted by atomic mass is 10.2. The molecule has 86 valence electrons. The fraction of sp³-hybridized carbons (Fsp3) is 0.909. The largest absolute Gasteiger partial charge is 0.376 e. The van der Waals surface area contributed by atoms with Gasteiger partial charge in [-0.2, -0.15) is 0 Å². The number of ether oxygens (including phenoxy) is 1. The summed E-state index contributed by atoms with van der Waals surface area (Å²) in [5.41, 5.74) is 0. The molecule has 2 unspecified atom stereocenters. The van der Waals surface area contributed by atoms with Crippen LogP contribution >= 0.6 is 0 Å². The summed E-state index contributed by atoms with van der Waals surface area (Å²) >= 11 is 0. The van der Waals surface area contributed by atoms with E-state index in [-0.39, 0.29) is 18.2 Å². The quantitative estimate of drug-likeness (QED) is 0.746. The highest BCUT2D eigenvalue weighted by molar-refractivity contribution is 5.80. The maximum atomic E-state index is 11.7. The van der Waals surface area contributed by atoms with Crippen LogP contribution in [-0.4, -0.2) is 42.8 Å². The Balaban J connectivity index is 1.88. The van der Waals surface area contributed by atoms with Gasteiger partial charge in [-0.05, 0) is 19.3 Å². The molecule has 0 spiro atoms. The third kappa shape index (κ3) is 2.49. The molecule has 2 saturated heterocycles. The molecule has 4 heteroatoms. The molecule has 0 radical (unpaired) electrons. The monoisotopic (exact) mass is 212 g/mol. The maximum absolute atomic E-state index is 11.7. The van der Waals surface area contributed by atoms with E-state index in [0.29, 0.717) is 6.54 Å². The van der Waals surface area contributed by atoms with Gasteiger partial charge in [0, 0.05) is 13.2 Å². The first-order chi connectivity index (χ1) is 7.31. The molecule has 2 aliphatic heterocycles. The van der Waals surface area contributed by atoms with Crippen molar-refractivity contribution < 1.29 is 9.53 Å². The summed E-state index contributed by atoms with van der Waals surface area (Å²) < 4.78 is 5.57. The van der Waals surface area contributed by atoms with Gasteiger partial charge >= 0.3 is 0 Å². The lowest BCUT2D eigenvalue weighted by molar-refractivity contribution is -0.129. The highest BCUT2D eigenvalue weighted by Gasteiger charge is 2.32. The topological polar surface area (TPSA) is 41.6 Å². The summed E-state index contributed by atoms with van der Waals surface area (Å²) in [5.74, 6) is 0.226. The molecule has 2 atom stereocenters. The summed E-state index contributed by atoms with van der Waals surface area (Å²) in [5, 5.41) is 3.25. The van der Waals surface area contributed by atoms with E-state index in [9.17, 15) is 4.79 Å². The van der Waals surface area contributed by atoms with Crippen molar-refractivity contribution in [1.82, 2.24) is 10.2 Å². The lowest BCUT2D eigenvalue weighted by Gasteiger charge is -2.26. The van der Waals surface area contributed by atoms with E-state index in [2.05, 4.69) is 12.2 Å². The van der Waals surface area contributed by atoms with Gasteiger partial charge in [-0.1, -0.05) is 13.3 Å². The van der Waals surface area contributed by atoms with Gasteiger partial charge in [-0.3, -0.25) is 10.1 Å². The zero-order valence-electron chi connectivity index (χ0n) is 9.37. The van der Waals surface area contributed by atoms with E-state index < -0.39 is 0 Å². The molecular weight excluding hydrogens is 192 g/mol. The lowest BCUT2D eigenvalue weighted by Crippen LogP contribution is -2.41. The number of rotatable bonds is 4. The Bertz CT molecular complexity index is 227. The Kier molecular flexibility index (Phi) is 3.59. The molecule has 0 aliphatic carbocycles. The van der Waals surface area contributed by atoms with E-state index in [1.165, 1.54) is 0 Å². The molecule has 15 heavy (non-hydrogen) atoms. The fourth-order valence-corrected chi connectivity index (χ4v) is 2.36. The molecule has 0 aromatic heterocycles. The number of carbonyl (C=O) groups is 1. The van der Waals surface area contributed by atoms with Gasteiger partial charge in [0.2, 0.25) is 5.91 Å². The highest BCUT2D eigenvalue weighted by atomic mass is 16.5. The van der Waals surface area contributed by atoms with Gasteiger partial charge in [0.15, 0.2) is 0 Å². The van der Waals surface area contributed by atoms with E-state index in [1.54, 1.807) is 0 Å². The number of amides is 1. The molecule has 1 amide bonds. The first-order valence-electron chi connectivity index (χ1n) is 5.95. The van der Waals surface area contributed by atoms with E-state index in [1.807, 2.05) is 4.90 Å². The predicted molar refractivity (Wildman–Crippen MR) is 57.4 cm³/mol. The van der Waals surface area contributed by atoms with Crippen LogP contribution in [0.5, 0.6) is 0 Å². The number of carbonyl (C=O) groups excluding carboxylic acids is 1. The molecule has 0 aromatic carbocycles. The van der Waals surface area contributed by atoms with Crippen LogP contribution in [0.2, 0.25) is 0 Å². The van der Waals surface area contributed by atoms with Crippen molar-refractivity contribution in [2.24, 2.45) is 0 Å². The first-order valence-corrected chi connectivity index (χ1v) is 5.95. The number of nitrogens with zero attached hydrogens (tertiary/aromatic N) is 1. The van der Waals surface area contributed by atoms with Crippen LogP contribution in [0.15, 0.2) is 0 Å². The van der Waals surface area contributed by atoms with Crippen molar-refractivity contribution in [3.63, 3.8) is 0 Å². The van der Waals surface area contributed by atoms with Crippen molar-refractivity contribution in [3.05, 3.63) is 0 Å². The van der Waals surface area contributed by atoms with Gasteiger partial charge in [-0.25, -0.2) is 0 Å². The Labute approximate surface area is 91.0 Å². The van der Waals surface area contributed by atoms with E-state index >= 15 is 0 Å². The number of hydrogen-bond acceptors (Lipinski definition) is 3. The van der Waals surface area contributed by atoms with Crippen LogP contribution in [0.3, 0.4) is 0 Å². The van der Waals surface area contributed by atoms with Gasteiger partial charge in [-0.15, -0.1) is 0 Å². The third-order valence-corrected chi connectivity index (χ3v) is 3.17. The van der Waals surface area contributed by atoms with Gasteiger partial charge in [0.1, 0.15) is 0 Å². The van der Waals surface area contributed by atoms with E-state index in [4.69, 9.17) is 4.74 Å². The summed E-state index contributed by atoms with van der Waals surface area (Å²) in [7, 11) is 0. The maximum Gasteiger partial charge on any atom is 0.237 e. The number of nitrogens with one attached hydrogen (secondary N) is 1. The van der Waals surface area contributed by atoms with Crippen LogP contribution in [0.4, 0.5) is 0 Å². The van der Waals surface area contributed by atoms with Crippen molar-refractivity contribution in [2.75, 3.05) is 19.7 Å². The zero-order valence-corrected chi connectivity index (χ0v) is 9.37. The molecule has 2 fully saturated rings. The molecule has 0 saturated carbocycles. The smallest absolute Gasteiger partial charge is 0.237 e. The van der Waals surface area contributed by atoms with Crippen molar-refractivity contribution in [3.8, 4) is 0 Å². The summed E-state index contributed by atoms with van der Waals surface area (Å²) in [6.07, 6.45) is 4.90. The van der Waals surface area contributed by atoms with Crippen LogP contribution in [0.25, 0.3) is 0 Å². The van der Waals surface area contributed by atoms with Gasteiger partial charge in [0.05, 0.1) is 18.8 Å². The van der Waals surface area contributed by atoms with Crippen molar-refractivity contribution >= 4 is 5.91 Å². The molecule has 0 aromatic rings. The Morgan fingerprint density at radius 1 is 1.60 bits per heavy atom. The second kappa shape index (κ2) is 4.94. The SMILES string of the molecule is CCCC1NCC(=O)N1CC1CCCO1. The average Bonchev–Trinajstić information content (AvgIpc) is 2.83. The van der Waals surface area contributed by atoms with E-state index in [0.717, 1.165) is 38.8 Å². The average molecular weight is 212 g/mol. The zero-order chi connectivity index (χ0) is 10.7. The standard InChI is InChI=1S/C11H20N2O2/c1-2-4-10-12-7-11(14)13(10)8-9-5-3-6-15-9/h9-10,12H,2-8H2,1H3. The molecule has 4 nitrogen and oxygen atoms in total. The Hall–Kier alpha value is -0.610. The predicted octanol–water partition coefficient (Wildman–Crippen LogP) is 0.723. The third-order valence-electron chi connectivity index (χ3n) is 3.17. The summed E-state index contributed by atoms with van der Waals surface area (Å²) in [4.78, 5) is 13.6. The first kappa shape index (κ1) is 10.9. The molecule has 1 N–H and O–H groups in total. The molecule has 2 aliphatic rings. The fourth-order valence-electron chi connectivity index (χ4n) is 2.36. The number of hydrogen-bond donors (Lipinski definition) is 1. The van der Waals surface area contributed by atoms with Crippen LogP contribution in [0, 0.1) is 0 Å². The van der Waals surface area contributed by atoms with Crippen molar-refractivity contribution in [1.29, 1.82) is 0 Å². The molecule has 2 rings (SSSR count). The van der Waals surface area contributed by atoms with Gasteiger partial charge in [0.25, 0.3) is 0 Å². The van der Waals surface area contributed by atoms with Crippen molar-refractivity contribution in [2.45, 2.75) is 44.9 Å². The summed E-state index contributed by atoms with van der Waals surface area (Å²) in [6.45, 7) is 4.28. The summed E-state index contributed by atoms with van der Waals surface area (Å²) in [6, 6.07) is 0. The van der Waals surface area contributed by atoms with Crippen LogP contribution in [0.1, 0.15) is 32.6 Å². The Morgan fingerprint density at radius 3 is 3.13 bits per heavy atom. The highest BCUT2D eigenvalue weighted by Crippen LogP contribution is 2.17. The second-order valence-electron chi connectivity index (χ2n) is 4.37. The van der Waals surface area contributed by atoms with Crippen LogP contribution < -0.4 is 5.32 Å². The minimum atomic E-state index is 0.226. The molecule has 2 heterocycles. The minimum Gasteiger partial charge on any atom is -0.376 e. The molecular formula is C11H20N2O2. The van der Waals surface area contributed by atoms with Crippen LogP contribution in [-0.2, 0) is 9.53 Å². The normalized spacial score (nSPS) is 31.5. The molecule has 0 bridgehead atoms. The Morgan fingerprint density at radius 2 is 2.47 bits per heavy atom. The second-order valence-corrected chi connectivity index (χ2v) is 4.37. The minimum absolute atomic E-state index is 0.226. The van der Waals surface area contributed by atoms with Gasteiger partial charge < -0.3 is 9.64 Å².